The van der Waals surface area contributed by atoms with Crippen LogP contribution in [0.5, 0.6) is 0 Å². The molecular formula is C9H6BrNS. The minimum Gasteiger partial charge on any atom is -0.256 e. The lowest BCUT2D eigenvalue weighted by Crippen LogP contribution is -1.78. The lowest BCUT2D eigenvalue weighted by molar-refractivity contribution is 1.33. The van der Waals surface area contributed by atoms with Crippen LogP contribution in [0.2, 0.25) is 0 Å². The van der Waals surface area contributed by atoms with Gasteiger partial charge in [0.15, 0.2) is 0 Å². The molecule has 0 saturated carbocycles. The van der Waals surface area contributed by atoms with Crippen LogP contribution >= 0.6 is 27.3 Å². The summed E-state index contributed by atoms with van der Waals surface area (Å²) in [4.78, 5) is 4.26. The molecule has 2 heterocycles. The lowest BCUT2D eigenvalue weighted by Gasteiger charge is -1.95. The SMILES string of the molecule is Brc1sccc1-c1ccccn1. The van der Waals surface area contributed by atoms with Crippen molar-refractivity contribution in [1.82, 2.24) is 4.98 Å². The van der Waals surface area contributed by atoms with E-state index in [2.05, 4.69) is 27.0 Å². The first kappa shape index (κ1) is 7.95. The fourth-order valence-electron chi connectivity index (χ4n) is 0.999. The van der Waals surface area contributed by atoms with E-state index in [1.54, 1.807) is 17.5 Å². The van der Waals surface area contributed by atoms with Crippen molar-refractivity contribution in [2.75, 3.05) is 0 Å². The normalized spacial score (nSPS) is 10.1. The van der Waals surface area contributed by atoms with E-state index in [1.807, 2.05) is 23.6 Å². The average molecular weight is 240 g/mol. The molecule has 0 amide bonds. The largest absolute Gasteiger partial charge is 0.256 e. The summed E-state index contributed by atoms with van der Waals surface area (Å²) < 4.78 is 1.14. The van der Waals surface area contributed by atoms with Gasteiger partial charge in [0.2, 0.25) is 0 Å². The Labute approximate surface area is 83.2 Å². The van der Waals surface area contributed by atoms with Crippen LogP contribution in [0.1, 0.15) is 0 Å². The fourth-order valence-corrected chi connectivity index (χ4v) is 2.28. The van der Waals surface area contributed by atoms with Gasteiger partial charge in [0.25, 0.3) is 0 Å². The number of rotatable bonds is 1. The highest BCUT2D eigenvalue weighted by molar-refractivity contribution is 9.11. The van der Waals surface area contributed by atoms with Crippen molar-refractivity contribution in [3.63, 3.8) is 0 Å². The fraction of sp³-hybridized carbons (Fsp3) is 0. The summed E-state index contributed by atoms with van der Waals surface area (Å²) in [5.74, 6) is 0. The maximum Gasteiger partial charge on any atom is 0.0792 e. The molecule has 0 atom stereocenters. The molecule has 0 aromatic carbocycles. The second-order valence-electron chi connectivity index (χ2n) is 2.32. The zero-order chi connectivity index (χ0) is 8.39. The third-order valence-corrected chi connectivity index (χ3v) is 3.25. The number of aromatic nitrogens is 1. The van der Waals surface area contributed by atoms with E-state index in [-0.39, 0.29) is 0 Å². The predicted octanol–water partition coefficient (Wildman–Crippen LogP) is 3.57. The third-order valence-electron chi connectivity index (χ3n) is 1.56. The first-order valence-corrected chi connectivity index (χ1v) is 5.19. The summed E-state index contributed by atoms with van der Waals surface area (Å²) in [5.41, 5.74) is 2.19. The van der Waals surface area contributed by atoms with Crippen molar-refractivity contribution < 1.29 is 0 Å². The topological polar surface area (TPSA) is 12.9 Å². The van der Waals surface area contributed by atoms with Gasteiger partial charge in [-0.3, -0.25) is 4.98 Å². The number of halogens is 1. The molecule has 1 nitrogen and oxygen atoms in total. The van der Waals surface area contributed by atoms with E-state index in [0.717, 1.165) is 9.48 Å². The second kappa shape index (κ2) is 3.37. The minimum absolute atomic E-state index is 1.02. The van der Waals surface area contributed by atoms with Crippen LogP contribution in [0, 0.1) is 0 Å². The summed E-state index contributed by atoms with van der Waals surface area (Å²) in [7, 11) is 0. The first-order chi connectivity index (χ1) is 5.88. The zero-order valence-electron chi connectivity index (χ0n) is 6.20. The maximum absolute atomic E-state index is 4.26. The average Bonchev–Trinajstić information content (AvgIpc) is 2.53. The van der Waals surface area contributed by atoms with Crippen LogP contribution in [-0.4, -0.2) is 4.98 Å². The highest BCUT2D eigenvalue weighted by Gasteiger charge is 2.03. The summed E-state index contributed by atoms with van der Waals surface area (Å²) in [6.07, 6.45) is 1.80. The maximum atomic E-state index is 4.26. The van der Waals surface area contributed by atoms with Crippen molar-refractivity contribution in [1.29, 1.82) is 0 Å². The van der Waals surface area contributed by atoms with Crippen LogP contribution < -0.4 is 0 Å². The van der Waals surface area contributed by atoms with E-state index < -0.39 is 0 Å². The standard InChI is InChI=1S/C9H6BrNS/c10-9-7(4-6-12-9)8-3-1-2-5-11-8/h1-6H. The van der Waals surface area contributed by atoms with Gasteiger partial charge >= 0.3 is 0 Å². The third kappa shape index (κ3) is 1.42. The molecule has 0 fully saturated rings. The molecule has 0 N–H and O–H groups in total. The van der Waals surface area contributed by atoms with Crippen molar-refractivity contribution in [2.24, 2.45) is 0 Å². The van der Waals surface area contributed by atoms with Gasteiger partial charge < -0.3 is 0 Å². The molecule has 0 spiro atoms. The molecule has 0 saturated heterocycles. The Kier molecular flexibility index (Phi) is 2.23. The smallest absolute Gasteiger partial charge is 0.0792 e. The molecule has 0 aliphatic heterocycles. The Morgan fingerprint density at radius 1 is 1.25 bits per heavy atom. The highest BCUT2D eigenvalue weighted by Crippen LogP contribution is 2.31. The number of hydrogen-bond donors (Lipinski definition) is 0. The van der Waals surface area contributed by atoms with E-state index in [1.165, 1.54) is 5.56 Å². The van der Waals surface area contributed by atoms with Gasteiger partial charge in [-0.15, -0.1) is 11.3 Å². The molecule has 60 valence electrons. The second-order valence-corrected chi connectivity index (χ2v) is 4.56. The van der Waals surface area contributed by atoms with E-state index in [9.17, 15) is 0 Å². The van der Waals surface area contributed by atoms with Crippen molar-refractivity contribution in [3.8, 4) is 11.3 Å². The Balaban J connectivity index is 2.51. The highest BCUT2D eigenvalue weighted by atomic mass is 79.9. The van der Waals surface area contributed by atoms with Gasteiger partial charge in [-0.05, 0) is 39.5 Å². The molecule has 0 unspecified atom stereocenters. The monoisotopic (exact) mass is 239 g/mol. The number of thiophene rings is 1. The Morgan fingerprint density at radius 2 is 2.17 bits per heavy atom. The molecular weight excluding hydrogens is 234 g/mol. The molecule has 2 aromatic heterocycles. The van der Waals surface area contributed by atoms with Crippen LogP contribution in [0.15, 0.2) is 39.6 Å². The van der Waals surface area contributed by atoms with E-state index in [0.29, 0.717) is 0 Å². The number of pyridine rings is 1. The molecule has 0 bridgehead atoms. The van der Waals surface area contributed by atoms with Crippen LogP contribution in [-0.2, 0) is 0 Å². The minimum atomic E-state index is 1.02. The van der Waals surface area contributed by atoms with Gasteiger partial charge in [-0.1, -0.05) is 6.07 Å². The summed E-state index contributed by atoms with van der Waals surface area (Å²) in [6, 6.07) is 7.99. The van der Waals surface area contributed by atoms with Gasteiger partial charge in [0, 0.05) is 11.8 Å². The van der Waals surface area contributed by atoms with Gasteiger partial charge in [0.05, 0.1) is 9.48 Å². The van der Waals surface area contributed by atoms with Gasteiger partial charge in [0.1, 0.15) is 0 Å². The molecule has 3 heteroatoms. The molecule has 0 aliphatic rings. The molecule has 2 aromatic rings. The molecule has 0 aliphatic carbocycles. The van der Waals surface area contributed by atoms with Gasteiger partial charge in [-0.2, -0.15) is 0 Å². The van der Waals surface area contributed by atoms with Crippen LogP contribution in [0.25, 0.3) is 11.3 Å². The number of nitrogens with zero attached hydrogens (tertiary/aromatic N) is 1. The molecule has 2 rings (SSSR count). The summed E-state index contributed by atoms with van der Waals surface area (Å²) in [6.45, 7) is 0. The van der Waals surface area contributed by atoms with Crippen molar-refractivity contribution in [2.45, 2.75) is 0 Å². The Hall–Kier alpha value is -0.670. The predicted molar refractivity (Wildman–Crippen MR) is 55.3 cm³/mol. The Morgan fingerprint density at radius 3 is 2.75 bits per heavy atom. The lowest BCUT2D eigenvalue weighted by atomic mass is 10.2. The quantitative estimate of drug-likeness (QED) is 0.742. The Bertz CT molecular complexity index is 369. The van der Waals surface area contributed by atoms with E-state index in [4.69, 9.17) is 0 Å². The number of hydrogen-bond acceptors (Lipinski definition) is 2. The van der Waals surface area contributed by atoms with Crippen LogP contribution in [0.3, 0.4) is 0 Å². The van der Waals surface area contributed by atoms with Crippen molar-refractivity contribution >= 4 is 27.3 Å². The van der Waals surface area contributed by atoms with Crippen molar-refractivity contribution in [3.05, 3.63) is 39.6 Å². The van der Waals surface area contributed by atoms with Crippen LogP contribution in [0.4, 0.5) is 0 Å². The molecule has 12 heavy (non-hydrogen) atoms. The van der Waals surface area contributed by atoms with Gasteiger partial charge in [-0.25, -0.2) is 0 Å². The summed E-state index contributed by atoms with van der Waals surface area (Å²) >= 11 is 5.16. The zero-order valence-corrected chi connectivity index (χ0v) is 8.60. The van der Waals surface area contributed by atoms with E-state index >= 15 is 0 Å². The first-order valence-electron chi connectivity index (χ1n) is 3.52. The molecule has 0 radical (unpaired) electrons. The summed E-state index contributed by atoms with van der Waals surface area (Å²) in [5, 5.41) is 2.05.